The van der Waals surface area contributed by atoms with Crippen LogP contribution < -0.4 is 15.4 Å². The molecule has 118 valence electrons. The smallest absolute Gasteiger partial charge is 0.338 e. The van der Waals surface area contributed by atoms with Gasteiger partial charge in [0.15, 0.2) is 0 Å². The molecule has 2 aromatic carbocycles. The van der Waals surface area contributed by atoms with Gasteiger partial charge in [-0.25, -0.2) is 9.10 Å². The van der Waals surface area contributed by atoms with Crippen LogP contribution in [0.3, 0.4) is 0 Å². The lowest BCUT2D eigenvalue weighted by atomic mass is 10.2. The number of carbonyl (C=O) groups is 3. The second-order valence-electron chi connectivity index (χ2n) is 4.49. The Hall–Kier alpha value is -2.51. The van der Waals surface area contributed by atoms with Gasteiger partial charge in [-0.1, -0.05) is 30.5 Å². The lowest BCUT2D eigenvalue weighted by Crippen LogP contribution is -2.38. The molecule has 23 heavy (non-hydrogen) atoms. The van der Waals surface area contributed by atoms with E-state index < -0.39 is 17.8 Å². The molecule has 0 aliphatic rings. The van der Waals surface area contributed by atoms with Crippen molar-refractivity contribution >= 4 is 47.9 Å². The summed E-state index contributed by atoms with van der Waals surface area (Å²) >= 11 is 9.83. The standard InChI is InChI=1S/C15H12ClN3O3S/c16-11-3-1-2-10(8-11)14(21)18-15(22)19(23)12-6-4-9(5-7-12)13(17)20/h1-8,23H,(H2,17,20)(H,18,21,22). The second-order valence-corrected chi connectivity index (χ2v) is 5.33. The first-order valence-electron chi connectivity index (χ1n) is 6.38. The molecule has 2 aromatic rings. The lowest BCUT2D eigenvalue weighted by molar-refractivity contribution is 0.0964. The van der Waals surface area contributed by atoms with Crippen molar-refractivity contribution in [1.82, 2.24) is 5.32 Å². The number of amides is 4. The molecule has 0 fully saturated rings. The summed E-state index contributed by atoms with van der Waals surface area (Å²) in [6.45, 7) is 0. The van der Waals surface area contributed by atoms with E-state index in [1.807, 2.05) is 0 Å². The first-order valence-corrected chi connectivity index (χ1v) is 7.16. The third kappa shape index (κ3) is 4.24. The van der Waals surface area contributed by atoms with Crippen LogP contribution >= 0.6 is 24.4 Å². The summed E-state index contributed by atoms with van der Waals surface area (Å²) in [5, 5.41) is 2.56. The third-order valence-corrected chi connectivity index (χ3v) is 3.54. The molecule has 0 aromatic heterocycles. The number of imide groups is 1. The molecule has 0 unspecified atom stereocenters. The Kier molecular flexibility index (Phi) is 5.25. The highest BCUT2D eigenvalue weighted by Gasteiger charge is 2.16. The number of primary amides is 1. The fraction of sp³-hybridized carbons (Fsp3) is 0. The van der Waals surface area contributed by atoms with Crippen LogP contribution in [0.2, 0.25) is 5.02 Å². The van der Waals surface area contributed by atoms with Gasteiger partial charge in [-0.05, 0) is 42.5 Å². The molecule has 0 radical (unpaired) electrons. The number of carbonyl (C=O) groups excluding carboxylic acids is 3. The summed E-state index contributed by atoms with van der Waals surface area (Å²) in [6.07, 6.45) is 0. The van der Waals surface area contributed by atoms with E-state index in [-0.39, 0.29) is 5.56 Å². The van der Waals surface area contributed by atoms with Crippen LogP contribution in [0.4, 0.5) is 10.5 Å². The van der Waals surface area contributed by atoms with E-state index in [9.17, 15) is 14.4 Å². The number of halogens is 1. The van der Waals surface area contributed by atoms with Crippen molar-refractivity contribution in [1.29, 1.82) is 0 Å². The SMILES string of the molecule is NC(=O)c1ccc(N(S)C(=O)NC(=O)c2cccc(Cl)c2)cc1. The maximum Gasteiger partial charge on any atom is 0.338 e. The Morgan fingerprint density at radius 2 is 1.70 bits per heavy atom. The van der Waals surface area contributed by atoms with Crippen molar-refractivity contribution in [2.45, 2.75) is 0 Å². The Balaban J connectivity index is 2.07. The highest BCUT2D eigenvalue weighted by atomic mass is 35.5. The number of anilines is 1. The highest BCUT2D eigenvalue weighted by Crippen LogP contribution is 2.17. The van der Waals surface area contributed by atoms with Crippen molar-refractivity contribution in [3.63, 3.8) is 0 Å². The Morgan fingerprint density at radius 1 is 1.04 bits per heavy atom. The molecule has 0 aliphatic carbocycles. The number of rotatable bonds is 3. The Bertz CT molecular complexity index is 765. The molecule has 8 heteroatoms. The zero-order valence-electron chi connectivity index (χ0n) is 11.7. The zero-order valence-corrected chi connectivity index (χ0v) is 13.3. The summed E-state index contributed by atoms with van der Waals surface area (Å²) in [5.74, 6) is -1.19. The number of benzene rings is 2. The minimum Gasteiger partial charge on any atom is -0.366 e. The average molecular weight is 350 g/mol. The normalized spacial score (nSPS) is 10.0. The topological polar surface area (TPSA) is 92.5 Å². The highest BCUT2D eigenvalue weighted by molar-refractivity contribution is 7.82. The molecule has 0 atom stereocenters. The van der Waals surface area contributed by atoms with Gasteiger partial charge in [-0.2, -0.15) is 0 Å². The molecule has 0 spiro atoms. The lowest BCUT2D eigenvalue weighted by Gasteiger charge is -2.16. The second kappa shape index (κ2) is 7.17. The molecule has 0 saturated carbocycles. The van der Waals surface area contributed by atoms with Crippen LogP contribution in [-0.4, -0.2) is 17.8 Å². The van der Waals surface area contributed by atoms with Gasteiger partial charge in [-0.3, -0.25) is 14.9 Å². The average Bonchev–Trinajstić information content (AvgIpc) is 2.54. The van der Waals surface area contributed by atoms with Crippen LogP contribution in [0.1, 0.15) is 20.7 Å². The first kappa shape index (κ1) is 16.9. The summed E-state index contributed by atoms with van der Waals surface area (Å²) in [5.41, 5.74) is 6.05. The van der Waals surface area contributed by atoms with Crippen LogP contribution in [0.25, 0.3) is 0 Å². The number of nitrogens with one attached hydrogen (secondary N) is 1. The molecular weight excluding hydrogens is 338 g/mol. The van der Waals surface area contributed by atoms with Crippen molar-refractivity contribution in [2.24, 2.45) is 5.73 Å². The van der Waals surface area contributed by atoms with Gasteiger partial charge < -0.3 is 5.73 Å². The molecule has 0 aliphatic heterocycles. The van der Waals surface area contributed by atoms with E-state index in [2.05, 4.69) is 18.1 Å². The fourth-order valence-corrected chi connectivity index (χ4v) is 2.11. The number of nitrogens with zero attached hydrogens (tertiary/aromatic N) is 1. The van der Waals surface area contributed by atoms with Crippen LogP contribution in [0.15, 0.2) is 48.5 Å². The van der Waals surface area contributed by atoms with Gasteiger partial charge in [0.2, 0.25) is 5.91 Å². The predicted octanol–water partition coefficient (Wildman–Crippen LogP) is 2.64. The molecule has 3 N–H and O–H groups in total. The van der Waals surface area contributed by atoms with Crippen molar-refractivity contribution < 1.29 is 14.4 Å². The molecule has 0 saturated heterocycles. The summed E-state index contributed by atoms with van der Waals surface area (Å²) < 4.78 is 0.938. The zero-order chi connectivity index (χ0) is 17.0. The number of thiol groups is 1. The third-order valence-electron chi connectivity index (χ3n) is 2.90. The molecule has 2 rings (SSSR count). The largest absolute Gasteiger partial charge is 0.366 e. The van der Waals surface area contributed by atoms with Crippen molar-refractivity contribution in [2.75, 3.05) is 4.31 Å². The van der Waals surface area contributed by atoms with E-state index in [0.717, 1.165) is 4.31 Å². The molecule has 4 amide bonds. The maximum atomic E-state index is 12.0. The number of nitrogens with two attached hydrogens (primary N) is 1. The molecule has 0 heterocycles. The minimum atomic E-state index is -0.745. The Labute approximate surface area is 142 Å². The number of hydrogen-bond acceptors (Lipinski definition) is 4. The molecular formula is C15H12ClN3O3S. The summed E-state index contributed by atoms with van der Waals surface area (Å²) in [7, 11) is 0. The van der Waals surface area contributed by atoms with Crippen LogP contribution in [0.5, 0.6) is 0 Å². The summed E-state index contributed by atoms with van der Waals surface area (Å²) in [6, 6.07) is 11.3. The Morgan fingerprint density at radius 3 is 2.26 bits per heavy atom. The van der Waals surface area contributed by atoms with Gasteiger partial charge >= 0.3 is 6.03 Å². The monoisotopic (exact) mass is 349 g/mol. The number of hydrogen-bond donors (Lipinski definition) is 3. The fourth-order valence-electron chi connectivity index (χ4n) is 1.74. The van der Waals surface area contributed by atoms with E-state index in [1.54, 1.807) is 12.1 Å². The van der Waals surface area contributed by atoms with Crippen molar-refractivity contribution in [3.05, 3.63) is 64.7 Å². The van der Waals surface area contributed by atoms with E-state index in [0.29, 0.717) is 16.3 Å². The van der Waals surface area contributed by atoms with Gasteiger partial charge in [0.1, 0.15) is 0 Å². The van der Waals surface area contributed by atoms with E-state index in [4.69, 9.17) is 17.3 Å². The van der Waals surface area contributed by atoms with Gasteiger partial charge in [-0.15, -0.1) is 0 Å². The van der Waals surface area contributed by atoms with Crippen LogP contribution in [0, 0.1) is 0 Å². The first-order chi connectivity index (χ1) is 10.9. The van der Waals surface area contributed by atoms with Crippen molar-refractivity contribution in [3.8, 4) is 0 Å². The van der Waals surface area contributed by atoms with Gasteiger partial charge in [0, 0.05) is 16.1 Å². The van der Waals surface area contributed by atoms with Crippen LogP contribution in [-0.2, 0) is 0 Å². The predicted molar refractivity (Wildman–Crippen MR) is 90.7 cm³/mol. The quantitative estimate of drug-likeness (QED) is 0.744. The van der Waals surface area contributed by atoms with E-state index >= 15 is 0 Å². The maximum absolute atomic E-state index is 12.0. The summed E-state index contributed by atoms with van der Waals surface area (Å²) in [4.78, 5) is 35.0. The molecule has 6 nitrogen and oxygen atoms in total. The van der Waals surface area contributed by atoms with Gasteiger partial charge in [0.05, 0.1) is 5.69 Å². The van der Waals surface area contributed by atoms with E-state index in [1.165, 1.54) is 36.4 Å². The minimum absolute atomic E-state index is 0.247. The van der Waals surface area contributed by atoms with Gasteiger partial charge in [0.25, 0.3) is 5.91 Å². The number of urea groups is 1. The molecule has 0 bridgehead atoms.